The Morgan fingerprint density at radius 2 is 2.00 bits per heavy atom. The number of nitrogens with two attached hydrogens (primary N) is 1. The van der Waals surface area contributed by atoms with E-state index in [4.69, 9.17) is 5.73 Å². The number of fused-ring (bicyclic) bond motifs is 4. The van der Waals surface area contributed by atoms with Crippen LogP contribution in [-0.2, 0) is 11.0 Å². The highest BCUT2D eigenvalue weighted by Gasteiger charge is 2.41. The predicted octanol–water partition coefficient (Wildman–Crippen LogP) is 1.26. The van der Waals surface area contributed by atoms with Gasteiger partial charge in [-0.25, -0.2) is 4.98 Å². The molecule has 4 heterocycles. The van der Waals surface area contributed by atoms with Crippen LogP contribution in [0, 0.1) is 5.92 Å². The molecular weight excluding hydrogens is 325 g/mol. The van der Waals surface area contributed by atoms with Crippen molar-refractivity contribution in [2.45, 2.75) is 25.1 Å². The molecule has 1 aromatic rings. The number of rotatable bonds is 2. The zero-order chi connectivity index (χ0) is 17.6. The van der Waals surface area contributed by atoms with Gasteiger partial charge in [0, 0.05) is 26.2 Å². The van der Waals surface area contributed by atoms with Gasteiger partial charge in [0.1, 0.15) is 11.5 Å². The molecule has 3 fully saturated rings. The standard InChI is InChI=1S/C15H17F3N4O2/c1-21-9-3-2-8(14(21)24)6-22(7-9)13-10(12(19)23)4-5-11(20-13)15(16,17)18/h4-5,8-9H,2-3,6-7H2,1H3,(H2,19,23)/t8-,9+/m1/s1. The Kier molecular flexibility index (Phi) is 3.89. The van der Waals surface area contributed by atoms with Crippen LogP contribution in [0.1, 0.15) is 28.9 Å². The van der Waals surface area contributed by atoms with Crippen molar-refractivity contribution in [1.29, 1.82) is 0 Å². The zero-order valence-corrected chi connectivity index (χ0v) is 13.0. The van der Waals surface area contributed by atoms with E-state index in [1.165, 1.54) is 0 Å². The van der Waals surface area contributed by atoms with Gasteiger partial charge >= 0.3 is 6.18 Å². The number of anilines is 1. The summed E-state index contributed by atoms with van der Waals surface area (Å²) in [5.74, 6) is -1.29. The van der Waals surface area contributed by atoms with Gasteiger partial charge in [-0.05, 0) is 25.0 Å². The molecule has 24 heavy (non-hydrogen) atoms. The Labute approximate surface area is 136 Å². The summed E-state index contributed by atoms with van der Waals surface area (Å²) in [4.78, 5) is 30.7. The Bertz CT molecular complexity index is 692. The molecule has 2 amide bonds. The molecule has 0 unspecified atom stereocenters. The van der Waals surface area contributed by atoms with Crippen LogP contribution in [0.25, 0.3) is 0 Å². The van der Waals surface area contributed by atoms with Crippen LogP contribution in [0.3, 0.4) is 0 Å². The number of hydrogen-bond acceptors (Lipinski definition) is 4. The second-order valence-corrected chi connectivity index (χ2v) is 6.21. The van der Waals surface area contributed by atoms with Crippen LogP contribution in [0.4, 0.5) is 19.0 Å². The molecule has 0 saturated carbocycles. The highest BCUT2D eigenvalue weighted by atomic mass is 19.4. The number of alkyl halides is 3. The second-order valence-electron chi connectivity index (χ2n) is 6.21. The first-order chi connectivity index (χ1) is 11.2. The summed E-state index contributed by atoms with van der Waals surface area (Å²) >= 11 is 0. The molecule has 9 heteroatoms. The fraction of sp³-hybridized carbons (Fsp3) is 0.533. The van der Waals surface area contributed by atoms with Crippen molar-refractivity contribution < 1.29 is 22.8 Å². The highest BCUT2D eigenvalue weighted by Crippen LogP contribution is 2.34. The minimum absolute atomic E-state index is 0.0265. The number of carbonyl (C=O) groups is 2. The fourth-order valence-corrected chi connectivity index (χ4v) is 3.37. The normalized spacial score (nSPS) is 24.2. The molecular formula is C15H17F3N4O2. The first-order valence-corrected chi connectivity index (χ1v) is 7.58. The maximum atomic E-state index is 13.0. The van der Waals surface area contributed by atoms with Gasteiger partial charge < -0.3 is 15.5 Å². The molecule has 2 atom stereocenters. The molecule has 4 rings (SSSR count). The van der Waals surface area contributed by atoms with Crippen LogP contribution in [0.15, 0.2) is 12.1 Å². The van der Waals surface area contributed by atoms with Gasteiger partial charge in [-0.3, -0.25) is 9.59 Å². The minimum Gasteiger partial charge on any atom is -0.365 e. The van der Waals surface area contributed by atoms with Gasteiger partial charge in [0.05, 0.1) is 11.5 Å². The third-order valence-electron chi connectivity index (χ3n) is 4.70. The molecule has 6 nitrogen and oxygen atoms in total. The number of carbonyl (C=O) groups excluding carboxylic acids is 2. The van der Waals surface area contributed by atoms with Crippen molar-refractivity contribution in [3.8, 4) is 0 Å². The summed E-state index contributed by atoms with van der Waals surface area (Å²) in [6, 6.07) is 1.67. The van der Waals surface area contributed by atoms with E-state index in [2.05, 4.69) is 4.98 Å². The predicted molar refractivity (Wildman–Crippen MR) is 79.3 cm³/mol. The molecule has 3 aliphatic heterocycles. The Hall–Kier alpha value is -2.32. The number of piperidine rings is 1. The topological polar surface area (TPSA) is 79.5 Å². The number of primary amides is 1. The van der Waals surface area contributed by atoms with Crippen molar-refractivity contribution in [3.05, 3.63) is 23.4 Å². The number of pyridine rings is 1. The third-order valence-corrected chi connectivity index (χ3v) is 4.70. The van der Waals surface area contributed by atoms with Crippen molar-refractivity contribution in [1.82, 2.24) is 9.88 Å². The number of nitrogens with zero attached hydrogens (tertiary/aromatic N) is 3. The first-order valence-electron chi connectivity index (χ1n) is 7.58. The molecule has 130 valence electrons. The van der Waals surface area contributed by atoms with E-state index in [9.17, 15) is 22.8 Å². The zero-order valence-electron chi connectivity index (χ0n) is 13.0. The van der Waals surface area contributed by atoms with Gasteiger partial charge in [-0.15, -0.1) is 0 Å². The lowest BCUT2D eigenvalue weighted by atomic mass is 9.95. The molecule has 2 N–H and O–H groups in total. The molecule has 0 aromatic carbocycles. The van der Waals surface area contributed by atoms with Crippen LogP contribution in [0.5, 0.6) is 0 Å². The Morgan fingerprint density at radius 3 is 2.62 bits per heavy atom. The van der Waals surface area contributed by atoms with Crippen molar-refractivity contribution in [2.75, 3.05) is 25.0 Å². The summed E-state index contributed by atoms with van der Waals surface area (Å²) < 4.78 is 38.9. The Balaban J connectivity index is 2.04. The van der Waals surface area contributed by atoms with Gasteiger partial charge in [0.2, 0.25) is 5.91 Å². The number of aromatic nitrogens is 1. The molecule has 3 saturated heterocycles. The highest BCUT2D eigenvalue weighted by molar-refractivity contribution is 5.98. The lowest BCUT2D eigenvalue weighted by molar-refractivity contribution is -0.141. The monoisotopic (exact) mass is 342 g/mol. The smallest absolute Gasteiger partial charge is 0.365 e. The molecule has 0 radical (unpaired) electrons. The summed E-state index contributed by atoms with van der Waals surface area (Å²) in [6.07, 6.45) is -3.17. The molecule has 2 bridgehead atoms. The molecule has 1 aromatic heterocycles. The van der Waals surface area contributed by atoms with Gasteiger partial charge in [0.15, 0.2) is 0 Å². The Morgan fingerprint density at radius 1 is 1.29 bits per heavy atom. The van der Waals surface area contributed by atoms with E-state index in [1.807, 2.05) is 0 Å². The maximum absolute atomic E-state index is 13.0. The summed E-state index contributed by atoms with van der Waals surface area (Å²) in [6.45, 7) is 0.557. The summed E-state index contributed by atoms with van der Waals surface area (Å²) in [5.41, 5.74) is 4.14. The first kappa shape index (κ1) is 16.5. The van der Waals surface area contributed by atoms with Gasteiger partial charge in [-0.1, -0.05) is 0 Å². The SMILES string of the molecule is CN1C(=O)[C@@H]2CC[C@H]1CN(c1nc(C(F)(F)F)ccc1C(N)=O)C2. The molecule has 3 aliphatic rings. The lowest BCUT2D eigenvalue weighted by Gasteiger charge is -2.32. The van der Waals surface area contributed by atoms with E-state index in [0.717, 1.165) is 18.6 Å². The van der Waals surface area contributed by atoms with Gasteiger partial charge in [-0.2, -0.15) is 13.2 Å². The van der Waals surface area contributed by atoms with E-state index in [-0.39, 0.29) is 35.8 Å². The third kappa shape index (κ3) is 2.78. The van der Waals surface area contributed by atoms with E-state index < -0.39 is 17.8 Å². The van der Waals surface area contributed by atoms with E-state index in [1.54, 1.807) is 16.8 Å². The average Bonchev–Trinajstić information content (AvgIpc) is 2.79. The second kappa shape index (κ2) is 5.64. The summed E-state index contributed by atoms with van der Waals surface area (Å²) in [5, 5.41) is 0. The largest absolute Gasteiger partial charge is 0.433 e. The van der Waals surface area contributed by atoms with Crippen LogP contribution < -0.4 is 10.6 Å². The minimum atomic E-state index is -4.62. The van der Waals surface area contributed by atoms with E-state index >= 15 is 0 Å². The molecule has 0 spiro atoms. The number of halogens is 3. The van der Waals surface area contributed by atoms with Crippen LogP contribution in [-0.4, -0.2) is 47.9 Å². The number of hydrogen-bond donors (Lipinski definition) is 1. The van der Waals surface area contributed by atoms with Crippen LogP contribution >= 0.6 is 0 Å². The van der Waals surface area contributed by atoms with E-state index in [0.29, 0.717) is 13.0 Å². The number of amides is 2. The van der Waals surface area contributed by atoms with Crippen LogP contribution in [0.2, 0.25) is 0 Å². The van der Waals surface area contributed by atoms with Crippen molar-refractivity contribution in [3.63, 3.8) is 0 Å². The lowest BCUT2D eigenvalue weighted by Crippen LogP contribution is -2.45. The van der Waals surface area contributed by atoms with Crippen molar-refractivity contribution >= 4 is 17.6 Å². The summed E-state index contributed by atoms with van der Waals surface area (Å²) in [7, 11) is 1.69. The number of likely N-dealkylation sites (N-methyl/N-ethyl adjacent to an activating group) is 1. The quantitative estimate of drug-likeness (QED) is 0.877. The molecule has 0 aliphatic carbocycles. The average molecular weight is 342 g/mol. The van der Waals surface area contributed by atoms with Crippen molar-refractivity contribution in [2.24, 2.45) is 11.7 Å². The maximum Gasteiger partial charge on any atom is 0.433 e. The van der Waals surface area contributed by atoms with Gasteiger partial charge in [0.25, 0.3) is 5.91 Å². The fourth-order valence-electron chi connectivity index (χ4n) is 3.37.